The van der Waals surface area contributed by atoms with Crippen LogP contribution in [0.1, 0.15) is 27.9 Å². The summed E-state index contributed by atoms with van der Waals surface area (Å²) >= 11 is 2.97. The number of carbonyl (C=O) groups is 2. The van der Waals surface area contributed by atoms with Crippen LogP contribution in [0.2, 0.25) is 0 Å². The van der Waals surface area contributed by atoms with Crippen LogP contribution < -0.4 is 5.32 Å². The predicted octanol–water partition coefficient (Wildman–Crippen LogP) is 2.25. The molecule has 1 amide bonds. The van der Waals surface area contributed by atoms with Gasteiger partial charge in [0.15, 0.2) is 0 Å². The Morgan fingerprint density at radius 3 is 2.72 bits per heavy atom. The molecule has 0 spiro atoms. The molecule has 0 fully saturated rings. The van der Waals surface area contributed by atoms with Crippen molar-refractivity contribution in [3.8, 4) is 0 Å². The third-order valence-electron chi connectivity index (χ3n) is 2.45. The first-order valence-electron chi connectivity index (χ1n) is 5.69. The van der Waals surface area contributed by atoms with Crippen molar-refractivity contribution < 1.29 is 14.7 Å². The summed E-state index contributed by atoms with van der Waals surface area (Å²) in [4.78, 5) is 24.6. The normalized spacial score (nSPS) is 12.1. The maximum atomic E-state index is 11.9. The number of thiophene rings is 1. The maximum Gasteiger partial charge on any atom is 0.326 e. The van der Waals surface area contributed by atoms with E-state index < -0.39 is 12.0 Å². The summed E-state index contributed by atoms with van der Waals surface area (Å²) < 4.78 is 0. The van der Waals surface area contributed by atoms with E-state index in [-0.39, 0.29) is 5.91 Å². The molecule has 1 aromatic rings. The summed E-state index contributed by atoms with van der Waals surface area (Å²) in [6, 6.07) is 2.83. The van der Waals surface area contributed by atoms with Gasteiger partial charge in [0.2, 0.25) is 0 Å². The highest BCUT2D eigenvalue weighted by Gasteiger charge is 2.20. The first-order chi connectivity index (χ1) is 8.58. The maximum absolute atomic E-state index is 11.9. The van der Waals surface area contributed by atoms with Gasteiger partial charge in [0.1, 0.15) is 6.04 Å². The van der Waals surface area contributed by atoms with Gasteiger partial charge < -0.3 is 10.4 Å². The molecule has 0 saturated heterocycles. The zero-order valence-corrected chi connectivity index (χ0v) is 12.1. The molecule has 18 heavy (non-hydrogen) atoms. The van der Waals surface area contributed by atoms with Gasteiger partial charge in [0.05, 0.1) is 4.88 Å². The lowest BCUT2D eigenvalue weighted by Crippen LogP contribution is -2.40. The van der Waals surface area contributed by atoms with Gasteiger partial charge in [-0.1, -0.05) is 6.92 Å². The molecule has 0 unspecified atom stereocenters. The van der Waals surface area contributed by atoms with Crippen LogP contribution >= 0.6 is 23.1 Å². The first-order valence-corrected chi connectivity index (χ1v) is 7.90. The van der Waals surface area contributed by atoms with E-state index in [2.05, 4.69) is 5.32 Å². The van der Waals surface area contributed by atoms with Crippen molar-refractivity contribution in [1.29, 1.82) is 0 Å². The van der Waals surface area contributed by atoms with E-state index >= 15 is 0 Å². The molecular formula is C12H17NO3S2. The number of carbonyl (C=O) groups excluding carboxylic acids is 1. The van der Waals surface area contributed by atoms with Crippen LogP contribution in [0.3, 0.4) is 0 Å². The molecule has 0 aliphatic rings. The van der Waals surface area contributed by atoms with Crippen molar-refractivity contribution in [3.05, 3.63) is 21.9 Å². The SMILES string of the molecule is CCc1ccc(C(=O)N[C@H](CCSC)C(=O)O)s1. The summed E-state index contributed by atoms with van der Waals surface area (Å²) in [6.45, 7) is 2.02. The summed E-state index contributed by atoms with van der Waals surface area (Å²) in [7, 11) is 0. The molecule has 0 aliphatic carbocycles. The van der Waals surface area contributed by atoms with E-state index in [9.17, 15) is 9.59 Å². The van der Waals surface area contributed by atoms with Crippen LogP contribution in [0, 0.1) is 0 Å². The first kappa shape index (κ1) is 15.0. The van der Waals surface area contributed by atoms with Gasteiger partial charge in [0.25, 0.3) is 5.91 Å². The molecule has 0 radical (unpaired) electrons. The van der Waals surface area contributed by atoms with Crippen LogP contribution in [0.15, 0.2) is 12.1 Å². The molecule has 6 heteroatoms. The molecular weight excluding hydrogens is 270 g/mol. The monoisotopic (exact) mass is 287 g/mol. The lowest BCUT2D eigenvalue weighted by atomic mass is 10.2. The second-order valence-corrected chi connectivity index (χ2v) is 5.92. The number of hydrogen-bond donors (Lipinski definition) is 2. The Bertz CT molecular complexity index is 417. The average molecular weight is 287 g/mol. The molecule has 0 aliphatic heterocycles. The van der Waals surface area contributed by atoms with Gasteiger partial charge in [-0.25, -0.2) is 4.79 Å². The molecule has 1 rings (SSSR count). The second kappa shape index (κ2) is 7.43. The fraction of sp³-hybridized carbons (Fsp3) is 0.500. The highest BCUT2D eigenvalue weighted by atomic mass is 32.2. The number of aliphatic carboxylic acids is 1. The van der Waals surface area contributed by atoms with E-state index in [1.54, 1.807) is 17.8 Å². The van der Waals surface area contributed by atoms with Crippen LogP contribution in [0.4, 0.5) is 0 Å². The lowest BCUT2D eigenvalue weighted by Gasteiger charge is -2.12. The molecule has 1 heterocycles. The molecule has 2 N–H and O–H groups in total. The van der Waals surface area contributed by atoms with Crippen molar-refractivity contribution in [1.82, 2.24) is 5.32 Å². The predicted molar refractivity (Wildman–Crippen MR) is 75.6 cm³/mol. The van der Waals surface area contributed by atoms with Crippen molar-refractivity contribution in [2.45, 2.75) is 25.8 Å². The Balaban J connectivity index is 2.62. The molecule has 1 aromatic heterocycles. The number of nitrogens with one attached hydrogen (secondary N) is 1. The Kier molecular flexibility index (Phi) is 6.21. The van der Waals surface area contributed by atoms with Crippen LogP contribution in [-0.2, 0) is 11.2 Å². The van der Waals surface area contributed by atoms with Crippen LogP contribution in [-0.4, -0.2) is 35.0 Å². The van der Waals surface area contributed by atoms with Gasteiger partial charge in [-0.2, -0.15) is 11.8 Å². The highest BCUT2D eigenvalue weighted by molar-refractivity contribution is 7.98. The number of amides is 1. The molecule has 1 atom stereocenters. The van der Waals surface area contributed by atoms with Crippen LogP contribution in [0.5, 0.6) is 0 Å². The highest BCUT2D eigenvalue weighted by Crippen LogP contribution is 2.17. The third-order valence-corrected chi connectivity index (χ3v) is 4.32. The Labute approximate surface area is 115 Å². The van der Waals surface area contributed by atoms with Gasteiger partial charge >= 0.3 is 5.97 Å². The van der Waals surface area contributed by atoms with E-state index in [1.807, 2.05) is 19.2 Å². The van der Waals surface area contributed by atoms with Gasteiger partial charge in [-0.3, -0.25) is 4.79 Å². The van der Waals surface area contributed by atoms with Gasteiger partial charge in [0, 0.05) is 4.88 Å². The fourth-order valence-corrected chi connectivity index (χ4v) is 2.73. The van der Waals surface area contributed by atoms with Crippen LogP contribution in [0.25, 0.3) is 0 Å². The zero-order chi connectivity index (χ0) is 13.5. The number of thioether (sulfide) groups is 1. The molecule has 0 aromatic carbocycles. The molecule has 4 nitrogen and oxygen atoms in total. The zero-order valence-electron chi connectivity index (χ0n) is 10.4. The minimum atomic E-state index is -0.982. The number of aryl methyl sites for hydroxylation is 1. The van der Waals surface area contributed by atoms with Crippen molar-refractivity contribution in [3.63, 3.8) is 0 Å². The summed E-state index contributed by atoms with van der Waals surface area (Å²) in [5.41, 5.74) is 0. The standard InChI is InChI=1S/C12H17NO3S2/c1-3-8-4-5-10(18-8)11(14)13-9(12(15)16)6-7-17-2/h4-5,9H,3,6-7H2,1-2H3,(H,13,14)(H,15,16)/t9-/m1/s1. The fourth-order valence-electron chi connectivity index (χ4n) is 1.41. The third kappa shape index (κ3) is 4.34. The van der Waals surface area contributed by atoms with Gasteiger partial charge in [-0.15, -0.1) is 11.3 Å². The summed E-state index contributed by atoms with van der Waals surface area (Å²) in [5.74, 6) is -0.570. The van der Waals surface area contributed by atoms with Crippen molar-refractivity contribution in [2.24, 2.45) is 0 Å². The number of carboxylic acids is 1. The Hall–Kier alpha value is -1.01. The Morgan fingerprint density at radius 2 is 2.22 bits per heavy atom. The molecule has 0 bridgehead atoms. The largest absolute Gasteiger partial charge is 0.480 e. The van der Waals surface area contributed by atoms with Gasteiger partial charge in [-0.05, 0) is 37.0 Å². The quantitative estimate of drug-likeness (QED) is 0.807. The average Bonchev–Trinajstić information content (AvgIpc) is 2.82. The minimum Gasteiger partial charge on any atom is -0.480 e. The lowest BCUT2D eigenvalue weighted by molar-refractivity contribution is -0.139. The second-order valence-electron chi connectivity index (χ2n) is 3.77. The number of hydrogen-bond acceptors (Lipinski definition) is 4. The van der Waals surface area contributed by atoms with Crippen molar-refractivity contribution >= 4 is 35.0 Å². The Morgan fingerprint density at radius 1 is 1.50 bits per heavy atom. The van der Waals surface area contributed by atoms with E-state index in [4.69, 9.17) is 5.11 Å². The smallest absolute Gasteiger partial charge is 0.326 e. The van der Waals surface area contributed by atoms with E-state index in [0.29, 0.717) is 17.1 Å². The minimum absolute atomic E-state index is 0.298. The summed E-state index contributed by atoms with van der Waals surface area (Å²) in [5, 5.41) is 11.6. The van der Waals surface area contributed by atoms with Crippen molar-refractivity contribution in [2.75, 3.05) is 12.0 Å². The van der Waals surface area contributed by atoms with E-state index in [0.717, 1.165) is 11.3 Å². The number of rotatable bonds is 7. The molecule has 0 saturated carbocycles. The number of carboxylic acid groups (broad SMARTS) is 1. The topological polar surface area (TPSA) is 66.4 Å². The van der Waals surface area contributed by atoms with E-state index in [1.165, 1.54) is 11.3 Å². The summed E-state index contributed by atoms with van der Waals surface area (Å²) in [6.07, 6.45) is 3.23. The molecule has 100 valence electrons.